The summed E-state index contributed by atoms with van der Waals surface area (Å²) in [5.74, 6) is -2.08. The van der Waals surface area contributed by atoms with Crippen LogP contribution < -0.4 is 5.73 Å². The van der Waals surface area contributed by atoms with Crippen LogP contribution in [-0.4, -0.2) is 34.8 Å². The van der Waals surface area contributed by atoms with Crippen LogP contribution in [0.5, 0.6) is 0 Å². The van der Waals surface area contributed by atoms with Gasteiger partial charge >= 0.3 is 18.1 Å². The van der Waals surface area contributed by atoms with E-state index < -0.39 is 29.7 Å². The molecule has 7 nitrogen and oxygen atoms in total. The second-order valence-electron chi connectivity index (χ2n) is 4.42. The van der Waals surface area contributed by atoms with Crippen LogP contribution in [0.2, 0.25) is 0 Å². The van der Waals surface area contributed by atoms with Crippen molar-refractivity contribution in [2.75, 3.05) is 0 Å². The maximum absolute atomic E-state index is 11.2. The molecule has 3 N–H and O–H groups in total. The third-order valence-corrected chi connectivity index (χ3v) is 1.55. The molecular formula is C10H17NO6. The van der Waals surface area contributed by atoms with E-state index in [1.54, 1.807) is 20.8 Å². The van der Waals surface area contributed by atoms with Crippen LogP contribution in [0.25, 0.3) is 0 Å². The predicted molar refractivity (Wildman–Crippen MR) is 57.2 cm³/mol. The number of aliphatic carboxylic acids is 1. The molecule has 0 fully saturated rings. The minimum atomic E-state index is -1.15. The normalized spacial score (nSPS) is 12.7. The van der Waals surface area contributed by atoms with Crippen LogP contribution in [0, 0.1) is 0 Å². The van der Waals surface area contributed by atoms with Gasteiger partial charge in [-0.3, -0.25) is 4.79 Å². The molecule has 0 aliphatic carbocycles. The van der Waals surface area contributed by atoms with Gasteiger partial charge in [-0.25, -0.2) is 9.59 Å². The van der Waals surface area contributed by atoms with E-state index in [4.69, 9.17) is 15.6 Å². The zero-order valence-electron chi connectivity index (χ0n) is 10.1. The lowest BCUT2D eigenvalue weighted by Gasteiger charge is -2.18. The predicted octanol–water partition coefficient (Wildman–Crippen LogP) is 0.657. The molecule has 0 saturated carbocycles. The Morgan fingerprint density at radius 2 is 1.82 bits per heavy atom. The fourth-order valence-corrected chi connectivity index (χ4v) is 0.825. The number of carboxylic acid groups (broad SMARTS) is 1. The quantitative estimate of drug-likeness (QED) is 0.553. The van der Waals surface area contributed by atoms with E-state index in [2.05, 4.69) is 4.74 Å². The monoisotopic (exact) mass is 247 g/mol. The average molecular weight is 247 g/mol. The number of carbonyl (C=O) groups is 3. The molecule has 0 aromatic rings. The van der Waals surface area contributed by atoms with Crippen molar-refractivity contribution in [3.05, 3.63) is 0 Å². The maximum atomic E-state index is 11.2. The number of hydrogen-bond acceptors (Lipinski definition) is 6. The minimum absolute atomic E-state index is 0.100. The van der Waals surface area contributed by atoms with Gasteiger partial charge in [-0.05, 0) is 27.2 Å². The van der Waals surface area contributed by atoms with E-state index in [0.717, 1.165) is 0 Å². The molecule has 0 heterocycles. The van der Waals surface area contributed by atoms with Gasteiger partial charge < -0.3 is 20.3 Å². The van der Waals surface area contributed by atoms with Gasteiger partial charge in [0.1, 0.15) is 11.6 Å². The maximum Gasteiger partial charge on any atom is 0.516 e. The minimum Gasteiger partial charge on any atom is -0.481 e. The molecule has 0 radical (unpaired) electrons. The first-order valence-corrected chi connectivity index (χ1v) is 5.04. The Morgan fingerprint density at radius 3 is 2.24 bits per heavy atom. The molecule has 1 atom stereocenters. The lowest BCUT2D eigenvalue weighted by Crippen LogP contribution is -2.36. The van der Waals surface area contributed by atoms with Crippen molar-refractivity contribution < 1.29 is 29.0 Å². The van der Waals surface area contributed by atoms with Crippen molar-refractivity contribution in [2.24, 2.45) is 5.73 Å². The lowest BCUT2D eigenvalue weighted by molar-refractivity contribution is -0.143. The zero-order valence-corrected chi connectivity index (χ0v) is 10.1. The van der Waals surface area contributed by atoms with E-state index >= 15 is 0 Å². The van der Waals surface area contributed by atoms with Crippen molar-refractivity contribution in [3.63, 3.8) is 0 Å². The summed E-state index contributed by atoms with van der Waals surface area (Å²) < 4.78 is 9.03. The number of hydrogen-bond donors (Lipinski definition) is 2. The summed E-state index contributed by atoms with van der Waals surface area (Å²) >= 11 is 0. The number of carboxylic acids is 1. The highest BCUT2D eigenvalue weighted by Crippen LogP contribution is 2.08. The zero-order chi connectivity index (χ0) is 13.6. The molecule has 0 aromatic heterocycles. The van der Waals surface area contributed by atoms with E-state index in [1.807, 2.05) is 0 Å². The summed E-state index contributed by atoms with van der Waals surface area (Å²) in [5.41, 5.74) is 4.56. The van der Waals surface area contributed by atoms with Gasteiger partial charge in [-0.2, -0.15) is 0 Å². The molecule has 98 valence electrons. The first-order valence-electron chi connectivity index (χ1n) is 5.04. The van der Waals surface area contributed by atoms with Crippen molar-refractivity contribution in [1.29, 1.82) is 0 Å². The smallest absolute Gasteiger partial charge is 0.481 e. The van der Waals surface area contributed by atoms with Crippen LogP contribution in [0.15, 0.2) is 0 Å². The van der Waals surface area contributed by atoms with Crippen molar-refractivity contribution in [3.8, 4) is 0 Å². The van der Waals surface area contributed by atoms with Gasteiger partial charge in [-0.15, -0.1) is 0 Å². The Balaban J connectivity index is 4.08. The molecule has 0 bridgehead atoms. The summed E-state index contributed by atoms with van der Waals surface area (Å²) in [6.07, 6.45) is -1.52. The molecule has 0 saturated heterocycles. The Bertz CT molecular complexity index is 306. The molecule has 17 heavy (non-hydrogen) atoms. The summed E-state index contributed by atoms with van der Waals surface area (Å²) in [7, 11) is 0. The van der Waals surface area contributed by atoms with Crippen molar-refractivity contribution >= 4 is 18.1 Å². The molecule has 0 aromatic carbocycles. The number of nitrogens with two attached hydrogens (primary N) is 1. The van der Waals surface area contributed by atoms with Gasteiger partial charge in [-0.1, -0.05) is 0 Å². The number of ether oxygens (including phenoxy) is 2. The molecule has 0 rings (SSSR count). The number of rotatable bonds is 4. The van der Waals surface area contributed by atoms with Crippen LogP contribution in [-0.2, 0) is 19.1 Å². The second-order valence-corrected chi connectivity index (χ2v) is 4.42. The van der Waals surface area contributed by atoms with E-state index in [1.165, 1.54) is 0 Å². The van der Waals surface area contributed by atoms with E-state index in [9.17, 15) is 14.4 Å². The van der Waals surface area contributed by atoms with Gasteiger partial charge in [0.25, 0.3) is 0 Å². The van der Waals surface area contributed by atoms with E-state index in [-0.39, 0.29) is 12.8 Å². The third kappa shape index (κ3) is 8.21. The molecule has 0 amide bonds. The van der Waals surface area contributed by atoms with Crippen LogP contribution in [0.1, 0.15) is 33.6 Å². The second kappa shape index (κ2) is 6.19. The molecular weight excluding hydrogens is 230 g/mol. The van der Waals surface area contributed by atoms with Crippen LogP contribution in [0.3, 0.4) is 0 Å². The van der Waals surface area contributed by atoms with E-state index in [0.29, 0.717) is 0 Å². The fraction of sp³-hybridized carbons (Fsp3) is 0.700. The fourth-order valence-electron chi connectivity index (χ4n) is 0.825. The molecule has 0 aliphatic heterocycles. The average Bonchev–Trinajstić information content (AvgIpc) is 2.10. The Kier molecular flexibility index (Phi) is 5.60. The van der Waals surface area contributed by atoms with Gasteiger partial charge in [0.2, 0.25) is 0 Å². The SMILES string of the molecule is CC(C)(C)OC(=O)OC(=O)[C@H](N)CCC(=O)O. The lowest BCUT2D eigenvalue weighted by atomic mass is 10.2. The standard InChI is InChI=1S/C10H17NO6/c1-10(2,3)17-9(15)16-8(14)6(11)4-5-7(12)13/h6H,4-5,11H2,1-3H3,(H,12,13)/t6-/m1/s1. The Labute approximate surface area is 98.9 Å². The highest BCUT2D eigenvalue weighted by atomic mass is 16.7. The Hall–Kier alpha value is -1.63. The summed E-state index contributed by atoms with van der Waals surface area (Å²) in [6.45, 7) is 4.84. The van der Waals surface area contributed by atoms with Crippen molar-refractivity contribution in [1.82, 2.24) is 0 Å². The highest BCUT2D eigenvalue weighted by Gasteiger charge is 2.24. The summed E-state index contributed by atoms with van der Waals surface area (Å²) in [4.78, 5) is 32.5. The van der Waals surface area contributed by atoms with Gasteiger partial charge in [0.05, 0.1) is 0 Å². The first-order chi connectivity index (χ1) is 7.61. The Morgan fingerprint density at radius 1 is 1.29 bits per heavy atom. The molecule has 7 heteroatoms. The van der Waals surface area contributed by atoms with Crippen LogP contribution in [0.4, 0.5) is 4.79 Å². The first kappa shape index (κ1) is 15.4. The summed E-state index contributed by atoms with van der Waals surface area (Å²) in [5, 5.41) is 8.38. The van der Waals surface area contributed by atoms with Gasteiger partial charge in [0, 0.05) is 6.42 Å². The molecule has 0 aliphatic rings. The van der Waals surface area contributed by atoms with Crippen LogP contribution >= 0.6 is 0 Å². The van der Waals surface area contributed by atoms with Crippen molar-refractivity contribution in [2.45, 2.75) is 45.3 Å². The molecule has 0 spiro atoms. The highest BCUT2D eigenvalue weighted by molar-refractivity contribution is 5.85. The number of esters is 1. The largest absolute Gasteiger partial charge is 0.516 e. The summed E-state index contributed by atoms with van der Waals surface area (Å²) in [6, 6.07) is -1.15. The molecule has 0 unspecified atom stereocenters. The van der Waals surface area contributed by atoms with Gasteiger partial charge in [0.15, 0.2) is 0 Å². The number of carbonyl (C=O) groups excluding carboxylic acids is 2. The topological polar surface area (TPSA) is 116 Å². The third-order valence-electron chi connectivity index (χ3n) is 1.55.